The van der Waals surface area contributed by atoms with Crippen molar-refractivity contribution in [2.45, 2.75) is 26.8 Å². The fourth-order valence-electron chi connectivity index (χ4n) is 1.97. The number of carbonyl (C=O) groups excluding carboxylic acids is 1. The lowest BCUT2D eigenvalue weighted by Crippen LogP contribution is -2.26. The molecule has 0 fully saturated rings. The summed E-state index contributed by atoms with van der Waals surface area (Å²) in [4.78, 5) is 24.1. The summed E-state index contributed by atoms with van der Waals surface area (Å²) in [6, 6.07) is 11.0. The van der Waals surface area contributed by atoms with Crippen molar-refractivity contribution in [3.8, 4) is 0 Å². The van der Waals surface area contributed by atoms with Crippen molar-refractivity contribution < 1.29 is 4.79 Å². The Hall–Kier alpha value is -2.16. The van der Waals surface area contributed by atoms with Gasteiger partial charge in [0.2, 0.25) is 0 Å². The van der Waals surface area contributed by atoms with Crippen LogP contribution in [0.3, 0.4) is 0 Å². The minimum Gasteiger partial charge on any atom is -0.307 e. The van der Waals surface area contributed by atoms with Crippen LogP contribution in [0.4, 0.5) is 0 Å². The minimum absolute atomic E-state index is 0.0460. The monoisotopic (exact) mass is 255 g/mol. The molecule has 0 aliphatic carbocycles. The van der Waals surface area contributed by atoms with Crippen LogP contribution in [0.15, 0.2) is 47.4 Å². The molecule has 3 heteroatoms. The molecule has 0 aliphatic heterocycles. The molecular formula is C16H17NO2. The van der Waals surface area contributed by atoms with Crippen LogP contribution < -0.4 is 5.56 Å². The molecule has 98 valence electrons. The zero-order chi connectivity index (χ0) is 13.8. The van der Waals surface area contributed by atoms with Crippen molar-refractivity contribution >= 4 is 5.78 Å². The smallest absolute Gasteiger partial charge is 0.254 e. The van der Waals surface area contributed by atoms with Gasteiger partial charge in [-0.1, -0.05) is 42.8 Å². The Morgan fingerprint density at radius 3 is 2.47 bits per heavy atom. The Kier molecular flexibility index (Phi) is 3.95. The van der Waals surface area contributed by atoms with E-state index in [1.807, 2.05) is 32.0 Å². The van der Waals surface area contributed by atoms with Gasteiger partial charge in [-0.15, -0.1) is 0 Å². The molecule has 0 amide bonds. The van der Waals surface area contributed by atoms with E-state index in [-0.39, 0.29) is 17.9 Å². The summed E-state index contributed by atoms with van der Waals surface area (Å²) in [5.41, 5.74) is 2.41. The Bertz CT molecular complexity index is 639. The summed E-state index contributed by atoms with van der Waals surface area (Å²) < 4.78 is 1.47. The number of aryl methyl sites for hydroxylation is 2. The Labute approximate surface area is 112 Å². The summed E-state index contributed by atoms with van der Waals surface area (Å²) in [7, 11) is 0. The molecular weight excluding hydrogens is 238 g/mol. The van der Waals surface area contributed by atoms with Crippen molar-refractivity contribution in [3.05, 3.63) is 69.6 Å². The average molecular weight is 255 g/mol. The second-order valence-electron chi connectivity index (χ2n) is 4.61. The van der Waals surface area contributed by atoms with E-state index in [1.54, 1.807) is 24.4 Å². The summed E-state index contributed by atoms with van der Waals surface area (Å²) in [6.07, 6.45) is 2.34. The third-order valence-corrected chi connectivity index (χ3v) is 3.17. The van der Waals surface area contributed by atoms with Gasteiger partial charge in [-0.25, -0.2) is 0 Å². The molecule has 0 spiro atoms. The first-order valence-corrected chi connectivity index (χ1v) is 6.40. The quantitative estimate of drug-likeness (QED) is 0.788. The second kappa shape index (κ2) is 5.65. The molecule has 0 saturated heterocycles. The molecule has 1 aromatic heterocycles. The lowest BCUT2D eigenvalue weighted by Gasteiger charge is -2.07. The first-order chi connectivity index (χ1) is 9.11. The largest absolute Gasteiger partial charge is 0.307 e. The standard InChI is InChI=1S/C16H17NO2/c1-3-13-5-4-10-17(16(13)19)11-15(18)14-8-6-12(2)7-9-14/h4-10H,3,11H2,1-2H3. The van der Waals surface area contributed by atoms with E-state index < -0.39 is 0 Å². The number of hydrogen-bond donors (Lipinski definition) is 0. The van der Waals surface area contributed by atoms with Gasteiger partial charge in [0.15, 0.2) is 5.78 Å². The van der Waals surface area contributed by atoms with E-state index in [0.29, 0.717) is 12.0 Å². The van der Waals surface area contributed by atoms with Gasteiger partial charge in [-0.05, 0) is 19.4 Å². The summed E-state index contributed by atoms with van der Waals surface area (Å²) in [5, 5.41) is 0. The topological polar surface area (TPSA) is 39.1 Å². The van der Waals surface area contributed by atoms with Gasteiger partial charge >= 0.3 is 0 Å². The van der Waals surface area contributed by atoms with Crippen molar-refractivity contribution in [1.82, 2.24) is 4.57 Å². The molecule has 3 nitrogen and oxygen atoms in total. The summed E-state index contributed by atoms with van der Waals surface area (Å²) in [5.74, 6) is -0.0460. The molecule has 0 radical (unpaired) electrons. The predicted molar refractivity (Wildman–Crippen MR) is 75.6 cm³/mol. The minimum atomic E-state index is -0.0783. The number of ketones is 1. The normalized spacial score (nSPS) is 10.4. The molecule has 0 bridgehead atoms. The number of carbonyl (C=O) groups is 1. The predicted octanol–water partition coefficient (Wildman–Crippen LogP) is 2.60. The van der Waals surface area contributed by atoms with Crippen LogP contribution in [-0.4, -0.2) is 10.4 Å². The van der Waals surface area contributed by atoms with Gasteiger partial charge in [-0.3, -0.25) is 9.59 Å². The van der Waals surface area contributed by atoms with Crippen molar-refractivity contribution in [2.75, 3.05) is 0 Å². The van der Waals surface area contributed by atoms with Crippen LogP contribution in [0.1, 0.15) is 28.4 Å². The molecule has 1 heterocycles. The fraction of sp³-hybridized carbons (Fsp3) is 0.250. The van der Waals surface area contributed by atoms with Crippen LogP contribution in [0.25, 0.3) is 0 Å². The lowest BCUT2D eigenvalue weighted by atomic mass is 10.1. The van der Waals surface area contributed by atoms with E-state index in [0.717, 1.165) is 11.1 Å². The molecule has 0 N–H and O–H groups in total. The first kappa shape index (κ1) is 13.3. The van der Waals surface area contributed by atoms with Crippen LogP contribution in [0, 0.1) is 6.92 Å². The highest BCUT2D eigenvalue weighted by Gasteiger charge is 2.08. The van der Waals surface area contributed by atoms with Gasteiger partial charge in [0, 0.05) is 17.3 Å². The van der Waals surface area contributed by atoms with Gasteiger partial charge in [0.25, 0.3) is 5.56 Å². The highest BCUT2D eigenvalue weighted by atomic mass is 16.1. The Morgan fingerprint density at radius 2 is 1.84 bits per heavy atom. The van der Waals surface area contributed by atoms with Gasteiger partial charge in [0.05, 0.1) is 6.54 Å². The molecule has 2 aromatic rings. The van der Waals surface area contributed by atoms with E-state index in [2.05, 4.69) is 0 Å². The maximum Gasteiger partial charge on any atom is 0.254 e. The SMILES string of the molecule is CCc1cccn(CC(=O)c2ccc(C)cc2)c1=O. The van der Waals surface area contributed by atoms with Crippen LogP contribution in [0.2, 0.25) is 0 Å². The van der Waals surface area contributed by atoms with Gasteiger partial charge < -0.3 is 4.57 Å². The Balaban J connectivity index is 2.24. The maximum absolute atomic E-state index is 12.1. The summed E-state index contributed by atoms with van der Waals surface area (Å²) in [6.45, 7) is 4.00. The first-order valence-electron chi connectivity index (χ1n) is 6.40. The molecule has 1 aromatic carbocycles. The number of benzene rings is 1. The molecule has 0 saturated carbocycles. The molecule has 0 aliphatic rings. The second-order valence-corrected chi connectivity index (χ2v) is 4.61. The third-order valence-electron chi connectivity index (χ3n) is 3.17. The van der Waals surface area contributed by atoms with Crippen molar-refractivity contribution in [1.29, 1.82) is 0 Å². The lowest BCUT2D eigenvalue weighted by molar-refractivity contribution is 0.0971. The Morgan fingerprint density at radius 1 is 1.16 bits per heavy atom. The van der Waals surface area contributed by atoms with E-state index in [4.69, 9.17) is 0 Å². The average Bonchev–Trinajstić information content (AvgIpc) is 2.42. The number of Topliss-reactive ketones (excluding diaryl/α,β-unsaturated/α-hetero) is 1. The van der Waals surface area contributed by atoms with Gasteiger partial charge in [-0.2, -0.15) is 0 Å². The van der Waals surface area contributed by atoms with Crippen molar-refractivity contribution in [2.24, 2.45) is 0 Å². The number of rotatable bonds is 4. The van der Waals surface area contributed by atoms with Crippen LogP contribution in [-0.2, 0) is 13.0 Å². The fourth-order valence-corrected chi connectivity index (χ4v) is 1.97. The molecule has 19 heavy (non-hydrogen) atoms. The van der Waals surface area contributed by atoms with E-state index >= 15 is 0 Å². The number of hydrogen-bond acceptors (Lipinski definition) is 2. The van der Waals surface area contributed by atoms with E-state index in [1.165, 1.54) is 4.57 Å². The molecule has 0 atom stereocenters. The van der Waals surface area contributed by atoms with Gasteiger partial charge in [0.1, 0.15) is 0 Å². The third kappa shape index (κ3) is 2.99. The van der Waals surface area contributed by atoms with Crippen molar-refractivity contribution in [3.63, 3.8) is 0 Å². The molecule has 2 rings (SSSR count). The maximum atomic E-state index is 12.1. The van der Waals surface area contributed by atoms with Crippen LogP contribution >= 0.6 is 0 Å². The zero-order valence-electron chi connectivity index (χ0n) is 11.2. The zero-order valence-corrected chi connectivity index (χ0v) is 11.2. The highest BCUT2D eigenvalue weighted by Crippen LogP contribution is 2.05. The number of pyridine rings is 1. The molecule has 0 unspecified atom stereocenters. The number of nitrogens with zero attached hydrogens (tertiary/aromatic N) is 1. The van der Waals surface area contributed by atoms with Crippen LogP contribution in [0.5, 0.6) is 0 Å². The number of aromatic nitrogens is 1. The highest BCUT2D eigenvalue weighted by molar-refractivity contribution is 5.95. The van der Waals surface area contributed by atoms with E-state index in [9.17, 15) is 9.59 Å². The summed E-state index contributed by atoms with van der Waals surface area (Å²) >= 11 is 0.